The molecule has 0 aliphatic carbocycles. The van der Waals surface area contributed by atoms with Crippen LogP contribution in [0.2, 0.25) is 0 Å². The number of aromatic nitrogens is 2. The quantitative estimate of drug-likeness (QED) is 0.785. The van der Waals surface area contributed by atoms with Gasteiger partial charge >= 0.3 is 0 Å². The second-order valence-electron chi connectivity index (χ2n) is 6.14. The van der Waals surface area contributed by atoms with Crippen molar-refractivity contribution in [3.63, 3.8) is 0 Å². The Morgan fingerprint density at radius 3 is 2.46 bits per heavy atom. The molecule has 1 saturated heterocycles. The third kappa shape index (κ3) is 4.82. The minimum atomic E-state index is -0.331. The van der Waals surface area contributed by atoms with Gasteiger partial charge in [0.2, 0.25) is 0 Å². The van der Waals surface area contributed by atoms with Gasteiger partial charge in [-0.3, -0.25) is 25.1 Å². The van der Waals surface area contributed by atoms with Crippen LogP contribution < -0.4 is 10.9 Å². The van der Waals surface area contributed by atoms with Gasteiger partial charge in [-0.1, -0.05) is 12.1 Å². The second-order valence-corrected chi connectivity index (χ2v) is 8.86. The lowest BCUT2D eigenvalue weighted by atomic mass is 10.1. The van der Waals surface area contributed by atoms with E-state index < -0.39 is 0 Å². The Morgan fingerprint density at radius 1 is 1.15 bits per heavy atom. The predicted octanol–water partition coefficient (Wildman–Crippen LogP) is 2.83. The van der Waals surface area contributed by atoms with E-state index in [0.29, 0.717) is 10.1 Å². The van der Waals surface area contributed by atoms with Gasteiger partial charge in [-0.2, -0.15) is 5.10 Å². The molecule has 0 bridgehead atoms. The zero-order chi connectivity index (χ0) is 18.5. The lowest BCUT2D eigenvalue weighted by Gasteiger charge is -2.21. The van der Waals surface area contributed by atoms with Gasteiger partial charge in [0.25, 0.3) is 11.8 Å². The van der Waals surface area contributed by atoms with E-state index in [1.807, 2.05) is 55.6 Å². The summed E-state index contributed by atoms with van der Waals surface area (Å²) in [5.74, 6) is 1.71. The summed E-state index contributed by atoms with van der Waals surface area (Å²) in [6.45, 7) is 3.82. The number of rotatable bonds is 4. The van der Waals surface area contributed by atoms with Gasteiger partial charge < -0.3 is 0 Å². The molecule has 138 valence electrons. The van der Waals surface area contributed by atoms with Crippen LogP contribution in [0.15, 0.2) is 30.3 Å². The van der Waals surface area contributed by atoms with E-state index in [1.165, 1.54) is 23.5 Å². The maximum Gasteiger partial charge on any atom is 0.269 e. The molecule has 0 spiro atoms. The average molecular weight is 391 g/mol. The zero-order valence-corrected chi connectivity index (χ0v) is 16.5. The monoisotopic (exact) mass is 390 g/mol. The Kier molecular flexibility index (Phi) is 6.26. The van der Waals surface area contributed by atoms with Crippen LogP contribution in [0.4, 0.5) is 0 Å². The summed E-state index contributed by atoms with van der Waals surface area (Å²) in [6, 6.07) is 9.47. The summed E-state index contributed by atoms with van der Waals surface area (Å²) in [5, 5.41) is 4.23. The highest BCUT2D eigenvalue weighted by Crippen LogP contribution is 2.43. The van der Waals surface area contributed by atoms with E-state index in [2.05, 4.69) is 16.0 Å². The van der Waals surface area contributed by atoms with Gasteiger partial charge in [0.1, 0.15) is 6.54 Å². The summed E-state index contributed by atoms with van der Waals surface area (Å²) in [5.41, 5.74) is 8.39. The standard InChI is InChI=1S/C18H22N4O2S2/c1-12-10-13(2)22(21-12)11-16(23)19-20-17(24)14-4-6-15(7-5-14)18-25-8-3-9-26-18/h4-7,10,18H,3,8-9,11H2,1-2H3,(H,19,23)(H,20,24). The molecule has 0 unspecified atom stereocenters. The normalized spacial score (nSPS) is 14.8. The van der Waals surface area contributed by atoms with E-state index in [1.54, 1.807) is 16.8 Å². The zero-order valence-electron chi connectivity index (χ0n) is 14.8. The molecule has 1 fully saturated rings. The van der Waals surface area contributed by atoms with Crippen LogP contribution in [0, 0.1) is 13.8 Å². The van der Waals surface area contributed by atoms with Crippen LogP contribution in [0.1, 0.15) is 38.3 Å². The van der Waals surface area contributed by atoms with Gasteiger partial charge in [-0.15, -0.1) is 23.5 Å². The first-order valence-electron chi connectivity index (χ1n) is 8.46. The molecule has 26 heavy (non-hydrogen) atoms. The average Bonchev–Trinajstić information content (AvgIpc) is 2.97. The molecule has 2 amide bonds. The van der Waals surface area contributed by atoms with Crippen molar-refractivity contribution in [1.82, 2.24) is 20.6 Å². The number of amides is 2. The fourth-order valence-electron chi connectivity index (χ4n) is 2.68. The first-order valence-corrected chi connectivity index (χ1v) is 10.6. The van der Waals surface area contributed by atoms with E-state index in [-0.39, 0.29) is 18.4 Å². The second kappa shape index (κ2) is 8.64. The molecule has 2 N–H and O–H groups in total. The molecule has 8 heteroatoms. The van der Waals surface area contributed by atoms with E-state index in [0.717, 1.165) is 11.4 Å². The third-order valence-electron chi connectivity index (χ3n) is 3.98. The van der Waals surface area contributed by atoms with Crippen molar-refractivity contribution in [3.05, 3.63) is 52.8 Å². The molecule has 1 aromatic heterocycles. The largest absolute Gasteiger partial charge is 0.271 e. The summed E-state index contributed by atoms with van der Waals surface area (Å²) in [7, 11) is 0. The van der Waals surface area contributed by atoms with Crippen molar-refractivity contribution in [2.75, 3.05) is 11.5 Å². The Balaban J connectivity index is 1.51. The molecule has 0 atom stereocenters. The molecule has 0 radical (unpaired) electrons. The minimum Gasteiger partial charge on any atom is -0.271 e. The third-order valence-corrected chi connectivity index (χ3v) is 7.00. The summed E-state index contributed by atoms with van der Waals surface area (Å²) in [6.07, 6.45) is 1.25. The SMILES string of the molecule is Cc1cc(C)n(CC(=O)NNC(=O)c2ccc(C3SCCCS3)cc2)n1. The molecular weight excluding hydrogens is 368 g/mol. The number of hydrazine groups is 1. The Bertz CT molecular complexity index is 783. The highest BCUT2D eigenvalue weighted by Gasteiger charge is 2.17. The lowest BCUT2D eigenvalue weighted by Crippen LogP contribution is -2.43. The van der Waals surface area contributed by atoms with Crippen molar-refractivity contribution in [1.29, 1.82) is 0 Å². The van der Waals surface area contributed by atoms with Gasteiger partial charge in [0.05, 0.1) is 10.3 Å². The van der Waals surface area contributed by atoms with Gasteiger partial charge in [-0.25, -0.2) is 0 Å². The van der Waals surface area contributed by atoms with Crippen molar-refractivity contribution in [2.45, 2.75) is 31.4 Å². The number of thioether (sulfide) groups is 2. The number of carbonyl (C=O) groups excluding carboxylic acids is 2. The molecule has 2 aromatic rings. The molecule has 6 nitrogen and oxygen atoms in total. The molecule has 3 rings (SSSR count). The number of hydrogen-bond donors (Lipinski definition) is 2. The van der Waals surface area contributed by atoms with Crippen LogP contribution in [0.5, 0.6) is 0 Å². The van der Waals surface area contributed by atoms with Crippen LogP contribution in [0.25, 0.3) is 0 Å². The van der Waals surface area contributed by atoms with E-state index >= 15 is 0 Å². The number of aryl methyl sites for hydroxylation is 2. The van der Waals surface area contributed by atoms with Crippen molar-refractivity contribution >= 4 is 35.3 Å². The molecular formula is C18H22N4O2S2. The summed E-state index contributed by atoms with van der Waals surface area (Å²) >= 11 is 3.89. The van der Waals surface area contributed by atoms with E-state index in [4.69, 9.17) is 0 Å². The topological polar surface area (TPSA) is 76.0 Å². The molecule has 1 aliphatic heterocycles. The fraction of sp³-hybridized carbons (Fsp3) is 0.389. The Hall–Kier alpha value is -1.93. The van der Waals surface area contributed by atoms with Crippen molar-refractivity contribution in [2.24, 2.45) is 0 Å². The molecule has 2 heterocycles. The van der Waals surface area contributed by atoms with Crippen LogP contribution in [-0.4, -0.2) is 33.1 Å². The van der Waals surface area contributed by atoms with Crippen LogP contribution >= 0.6 is 23.5 Å². The molecule has 1 aliphatic rings. The fourth-order valence-corrected chi connectivity index (χ4v) is 5.58. The van der Waals surface area contributed by atoms with Gasteiger partial charge in [0, 0.05) is 11.3 Å². The molecule has 0 saturated carbocycles. The number of benzene rings is 1. The van der Waals surface area contributed by atoms with Gasteiger partial charge in [-0.05, 0) is 55.5 Å². The van der Waals surface area contributed by atoms with Crippen LogP contribution in [-0.2, 0) is 11.3 Å². The maximum absolute atomic E-state index is 12.2. The Morgan fingerprint density at radius 2 is 1.85 bits per heavy atom. The first kappa shape index (κ1) is 18.8. The highest BCUT2D eigenvalue weighted by atomic mass is 32.2. The van der Waals surface area contributed by atoms with Crippen molar-refractivity contribution in [3.8, 4) is 0 Å². The van der Waals surface area contributed by atoms with Gasteiger partial charge in [0.15, 0.2) is 0 Å². The number of hydrogen-bond acceptors (Lipinski definition) is 5. The van der Waals surface area contributed by atoms with Crippen LogP contribution in [0.3, 0.4) is 0 Å². The van der Waals surface area contributed by atoms with E-state index in [9.17, 15) is 9.59 Å². The predicted molar refractivity (Wildman–Crippen MR) is 106 cm³/mol. The summed E-state index contributed by atoms with van der Waals surface area (Å²) in [4.78, 5) is 24.2. The molecule has 1 aromatic carbocycles. The first-order chi connectivity index (χ1) is 12.5. The van der Waals surface area contributed by atoms with Crippen molar-refractivity contribution < 1.29 is 9.59 Å². The number of carbonyl (C=O) groups is 2. The Labute approximate surface area is 161 Å². The highest BCUT2D eigenvalue weighted by molar-refractivity contribution is 8.16. The maximum atomic E-state index is 12.2. The number of nitrogens with zero attached hydrogens (tertiary/aromatic N) is 2. The summed E-state index contributed by atoms with van der Waals surface area (Å²) < 4.78 is 2.05. The lowest BCUT2D eigenvalue weighted by molar-refractivity contribution is -0.122. The smallest absolute Gasteiger partial charge is 0.269 e. The minimum absolute atomic E-state index is 0.0645. The number of nitrogens with one attached hydrogen (secondary N) is 2.